The second-order valence-corrected chi connectivity index (χ2v) is 13.3. The molecule has 0 saturated carbocycles. The van der Waals surface area contributed by atoms with Gasteiger partial charge in [0.2, 0.25) is 0 Å². The van der Waals surface area contributed by atoms with Crippen LogP contribution in [0.25, 0.3) is 21.9 Å². The molecule has 0 radical (unpaired) electrons. The van der Waals surface area contributed by atoms with Gasteiger partial charge in [0.1, 0.15) is 5.58 Å². The maximum Gasteiger partial charge on any atom is 0.159 e. The van der Waals surface area contributed by atoms with Crippen LogP contribution in [0.5, 0.6) is 0 Å². The van der Waals surface area contributed by atoms with Crippen molar-refractivity contribution >= 4 is 46.6 Å². The topological polar surface area (TPSA) is 16.4 Å². The molecule has 0 bridgehead atoms. The van der Waals surface area contributed by atoms with Crippen LogP contribution in [0.2, 0.25) is 19.6 Å². The zero-order chi connectivity index (χ0) is 19.2. The molecule has 0 saturated heterocycles. The highest BCUT2D eigenvalue weighted by Crippen LogP contribution is 2.38. The molecule has 1 aromatic heterocycles. The molecule has 4 rings (SSSR count). The Kier molecular flexibility index (Phi) is 4.35. The van der Waals surface area contributed by atoms with E-state index in [1.807, 2.05) is 0 Å². The largest absolute Gasteiger partial charge is 0.454 e. The third-order valence-corrected chi connectivity index (χ3v) is 7.44. The molecule has 3 aromatic carbocycles. The van der Waals surface area contributed by atoms with E-state index in [2.05, 4.69) is 99.2 Å². The van der Waals surface area contributed by atoms with Crippen molar-refractivity contribution < 1.29 is 4.42 Å². The number of anilines is 2. The maximum atomic E-state index is 6.44. The number of rotatable bonds is 4. The zero-order valence-electron chi connectivity index (χ0n) is 16.8. The Morgan fingerprint density at radius 2 is 1.41 bits per heavy atom. The number of hydrogen-bond acceptors (Lipinski definition) is 2. The van der Waals surface area contributed by atoms with Crippen molar-refractivity contribution in [1.82, 2.24) is 0 Å². The summed E-state index contributed by atoms with van der Waals surface area (Å²) in [6, 6.07) is 21.7. The number of nitrogens with zero attached hydrogens (tertiary/aromatic N) is 1. The van der Waals surface area contributed by atoms with Crippen LogP contribution in [-0.2, 0) is 6.42 Å². The molecule has 0 aliphatic carbocycles. The van der Waals surface area contributed by atoms with Gasteiger partial charge in [0.05, 0.1) is 13.8 Å². The van der Waals surface area contributed by atoms with Crippen molar-refractivity contribution in [1.29, 1.82) is 0 Å². The van der Waals surface area contributed by atoms with Gasteiger partial charge >= 0.3 is 0 Å². The lowest BCUT2D eigenvalue weighted by molar-refractivity contribution is 0.663. The summed E-state index contributed by atoms with van der Waals surface area (Å²) in [5.74, 6) is 0. The molecule has 0 fully saturated rings. The van der Waals surface area contributed by atoms with E-state index in [1.165, 1.54) is 27.2 Å². The lowest BCUT2D eigenvalue weighted by Gasteiger charge is -2.28. The fourth-order valence-electron chi connectivity index (χ4n) is 3.94. The molecule has 0 amide bonds. The van der Waals surface area contributed by atoms with E-state index in [-0.39, 0.29) is 0 Å². The van der Waals surface area contributed by atoms with E-state index in [9.17, 15) is 0 Å². The van der Waals surface area contributed by atoms with Crippen LogP contribution in [0.3, 0.4) is 0 Å². The predicted octanol–water partition coefficient (Wildman–Crippen LogP) is 6.46. The SMILES string of the molecule is CCc1cccc2c1oc1c(N(C)c3ccccc3[Si](C)(C)C)cccc12. The van der Waals surface area contributed by atoms with E-state index < -0.39 is 8.07 Å². The Morgan fingerprint density at radius 1 is 0.778 bits per heavy atom. The summed E-state index contributed by atoms with van der Waals surface area (Å²) < 4.78 is 6.44. The van der Waals surface area contributed by atoms with Crippen molar-refractivity contribution in [3.8, 4) is 0 Å². The van der Waals surface area contributed by atoms with Crippen molar-refractivity contribution in [2.24, 2.45) is 0 Å². The van der Waals surface area contributed by atoms with Crippen molar-refractivity contribution in [2.45, 2.75) is 33.0 Å². The molecular weight excluding hydrogens is 346 g/mol. The van der Waals surface area contributed by atoms with E-state index in [0.29, 0.717) is 0 Å². The summed E-state index contributed by atoms with van der Waals surface area (Å²) in [6.07, 6.45) is 0.973. The van der Waals surface area contributed by atoms with Gasteiger partial charge in [-0.05, 0) is 29.3 Å². The Balaban J connectivity index is 1.95. The second kappa shape index (κ2) is 6.57. The monoisotopic (exact) mass is 373 g/mol. The fraction of sp³-hybridized carbons (Fsp3) is 0.250. The van der Waals surface area contributed by atoms with Crippen molar-refractivity contribution in [2.75, 3.05) is 11.9 Å². The molecule has 0 atom stereocenters. The van der Waals surface area contributed by atoms with Gasteiger partial charge < -0.3 is 9.32 Å². The summed E-state index contributed by atoms with van der Waals surface area (Å²) >= 11 is 0. The maximum absolute atomic E-state index is 6.44. The van der Waals surface area contributed by atoms with Gasteiger partial charge in [-0.3, -0.25) is 0 Å². The lowest BCUT2D eigenvalue weighted by atomic mass is 10.1. The molecular formula is C24H27NOSi. The van der Waals surface area contributed by atoms with Gasteiger partial charge in [-0.1, -0.05) is 75.1 Å². The molecule has 27 heavy (non-hydrogen) atoms. The molecule has 138 valence electrons. The first kappa shape index (κ1) is 17.9. The summed E-state index contributed by atoms with van der Waals surface area (Å²) in [5.41, 5.74) is 5.66. The molecule has 0 spiro atoms. The van der Waals surface area contributed by atoms with Crippen LogP contribution in [0.15, 0.2) is 65.1 Å². The standard InChI is InChI=1S/C24H27NOSi/c1-6-17-11-9-12-18-19-13-10-15-21(24(19)26-23(17)18)25(2)20-14-7-8-16-22(20)27(3,4)5/h7-16H,6H2,1-5H3. The lowest BCUT2D eigenvalue weighted by Crippen LogP contribution is -2.40. The first-order valence-electron chi connectivity index (χ1n) is 9.68. The van der Waals surface area contributed by atoms with Crippen molar-refractivity contribution in [3.05, 3.63) is 66.2 Å². The molecule has 0 aliphatic heterocycles. The van der Waals surface area contributed by atoms with Crippen LogP contribution in [-0.4, -0.2) is 15.1 Å². The molecule has 1 heterocycles. The van der Waals surface area contributed by atoms with Crippen molar-refractivity contribution in [3.63, 3.8) is 0 Å². The molecule has 4 aromatic rings. The van der Waals surface area contributed by atoms with Crippen LogP contribution in [0.1, 0.15) is 12.5 Å². The van der Waals surface area contributed by atoms with Gasteiger partial charge in [0, 0.05) is 23.5 Å². The van der Waals surface area contributed by atoms with Gasteiger partial charge in [0.25, 0.3) is 0 Å². The molecule has 0 unspecified atom stereocenters. The normalized spacial score (nSPS) is 12.0. The highest BCUT2D eigenvalue weighted by Gasteiger charge is 2.23. The summed E-state index contributed by atoms with van der Waals surface area (Å²) in [5, 5.41) is 3.86. The minimum atomic E-state index is -1.46. The first-order valence-corrected chi connectivity index (χ1v) is 13.2. The summed E-state index contributed by atoms with van der Waals surface area (Å²) in [7, 11) is 0.695. The molecule has 0 aliphatic rings. The van der Waals surface area contributed by atoms with E-state index in [1.54, 1.807) is 0 Å². The minimum Gasteiger partial charge on any atom is -0.454 e. The quantitative estimate of drug-likeness (QED) is 0.382. The fourth-order valence-corrected chi connectivity index (χ4v) is 5.55. The summed E-state index contributed by atoms with van der Waals surface area (Å²) in [6.45, 7) is 9.37. The van der Waals surface area contributed by atoms with Crippen LogP contribution >= 0.6 is 0 Å². The minimum absolute atomic E-state index is 0.973. The Bertz CT molecular complexity index is 1120. The zero-order valence-corrected chi connectivity index (χ0v) is 17.8. The van der Waals surface area contributed by atoms with Gasteiger partial charge in [-0.15, -0.1) is 0 Å². The first-order chi connectivity index (χ1) is 12.9. The number of furan rings is 1. The van der Waals surface area contributed by atoms with Gasteiger partial charge in [-0.25, -0.2) is 0 Å². The highest BCUT2D eigenvalue weighted by atomic mass is 28.3. The molecule has 2 nitrogen and oxygen atoms in total. The summed E-state index contributed by atoms with van der Waals surface area (Å²) in [4.78, 5) is 2.30. The number of aryl methyl sites for hydroxylation is 1. The molecule has 0 N–H and O–H groups in total. The van der Waals surface area contributed by atoms with Crippen LogP contribution in [0.4, 0.5) is 11.4 Å². The number of fused-ring (bicyclic) bond motifs is 3. The number of para-hydroxylation sites is 3. The van der Waals surface area contributed by atoms with Crippen LogP contribution in [0, 0.1) is 0 Å². The number of benzene rings is 3. The number of hydrogen-bond donors (Lipinski definition) is 0. The van der Waals surface area contributed by atoms with Gasteiger partial charge in [0.15, 0.2) is 5.58 Å². The Hall–Kier alpha value is -2.52. The second-order valence-electron chi connectivity index (χ2n) is 8.23. The Morgan fingerprint density at radius 3 is 2.11 bits per heavy atom. The van der Waals surface area contributed by atoms with E-state index in [0.717, 1.165) is 23.3 Å². The average Bonchev–Trinajstić information content (AvgIpc) is 3.05. The third kappa shape index (κ3) is 2.96. The van der Waals surface area contributed by atoms with Gasteiger partial charge in [-0.2, -0.15) is 0 Å². The molecule has 3 heteroatoms. The van der Waals surface area contributed by atoms with Crippen LogP contribution < -0.4 is 10.1 Å². The average molecular weight is 374 g/mol. The smallest absolute Gasteiger partial charge is 0.159 e. The van der Waals surface area contributed by atoms with E-state index in [4.69, 9.17) is 4.42 Å². The predicted molar refractivity (Wildman–Crippen MR) is 121 cm³/mol. The highest BCUT2D eigenvalue weighted by molar-refractivity contribution is 6.89. The third-order valence-electron chi connectivity index (χ3n) is 5.40. The Labute approximate surface area is 162 Å². The van der Waals surface area contributed by atoms with E-state index >= 15 is 0 Å².